The molecule has 3 heterocycles. The van der Waals surface area contributed by atoms with E-state index < -0.39 is 65.4 Å². The first-order valence-corrected chi connectivity index (χ1v) is 13.0. The van der Waals surface area contributed by atoms with Gasteiger partial charge in [-0.25, -0.2) is 27.5 Å². The van der Waals surface area contributed by atoms with E-state index in [0.29, 0.717) is 11.5 Å². The van der Waals surface area contributed by atoms with Gasteiger partial charge in [0.05, 0.1) is 6.33 Å². The van der Waals surface area contributed by atoms with Crippen molar-refractivity contribution in [1.29, 1.82) is 0 Å². The van der Waals surface area contributed by atoms with Gasteiger partial charge < -0.3 is 35.2 Å². The van der Waals surface area contributed by atoms with Crippen LogP contribution in [0.2, 0.25) is 0 Å². The predicted molar refractivity (Wildman–Crippen MR) is 102 cm³/mol. The Morgan fingerprint density at radius 1 is 1.24 bits per heavy atom. The maximum Gasteiger partial charge on any atom is 0.490 e. The molecule has 1 fully saturated rings. The molecular weight excluding hydrogens is 541 g/mol. The number of halogens is 2. The van der Waals surface area contributed by atoms with E-state index in [1.807, 2.05) is 0 Å². The number of aliphatic hydroxyl groups excluding tert-OH is 1. The fourth-order valence-electron chi connectivity index (χ4n) is 2.95. The summed E-state index contributed by atoms with van der Waals surface area (Å²) in [5, 5.41) is 10.2. The SMILES string of the molecule is C[C@]1(F)C(n2cnc3c(=O)[nH]c(N)nc32)O[C@](F)(COP(=O)(O)OP(=O)(O)OP(=O)(O)O)[C@H]1O. The largest absolute Gasteiger partial charge is 0.490 e. The van der Waals surface area contributed by atoms with E-state index in [9.17, 15) is 28.5 Å². The van der Waals surface area contributed by atoms with E-state index in [-0.39, 0.29) is 11.2 Å². The molecule has 8 N–H and O–H groups in total. The van der Waals surface area contributed by atoms with Crippen LogP contribution < -0.4 is 11.3 Å². The fourth-order valence-corrected chi connectivity index (χ4v) is 5.98. The summed E-state index contributed by atoms with van der Waals surface area (Å²) >= 11 is 0. The number of alkyl halides is 2. The highest BCUT2D eigenvalue weighted by Crippen LogP contribution is 2.66. The average Bonchev–Trinajstić information content (AvgIpc) is 3.11. The smallest absolute Gasteiger partial charge is 0.384 e. The Kier molecular flexibility index (Phi) is 6.72. The molecule has 3 rings (SSSR count). The maximum atomic E-state index is 15.3. The Morgan fingerprint density at radius 2 is 1.85 bits per heavy atom. The molecule has 0 saturated carbocycles. The van der Waals surface area contributed by atoms with Gasteiger partial charge in [0.25, 0.3) is 11.4 Å². The second-order valence-corrected chi connectivity index (χ2v) is 11.4. The molecule has 0 amide bonds. The van der Waals surface area contributed by atoms with E-state index in [1.54, 1.807) is 0 Å². The molecule has 0 spiro atoms. The first-order valence-electron chi connectivity index (χ1n) is 8.51. The van der Waals surface area contributed by atoms with E-state index in [2.05, 4.69) is 28.1 Å². The van der Waals surface area contributed by atoms with Gasteiger partial charge in [0.1, 0.15) is 6.61 Å². The number of aliphatic hydroxyl groups is 1. The lowest BCUT2D eigenvalue weighted by atomic mass is 9.97. The lowest BCUT2D eigenvalue weighted by molar-refractivity contribution is -0.203. The standard InChI is InChI=1S/C11H16F2N5O13P3/c1-10(12)7(20)11(13,2-28-33(24,25)31-34(26,27)30-32(21,22)23)29-8(10)18-3-15-4-5(18)16-9(14)17-6(4)19/h3,7-8,20H,2H2,1H3,(H,24,25)(H,26,27)(H2,21,22,23)(H3,14,16,17,19)/t7-,8?,10+,11+/m0/s1. The zero-order chi connectivity index (χ0) is 25.9. The van der Waals surface area contributed by atoms with Gasteiger partial charge in [-0.1, -0.05) is 0 Å². The number of nitrogens with one attached hydrogen (secondary N) is 1. The number of nitrogen functional groups attached to an aromatic ring is 1. The number of nitrogens with two attached hydrogens (primary N) is 1. The molecule has 1 aliphatic heterocycles. The molecule has 34 heavy (non-hydrogen) atoms. The zero-order valence-electron chi connectivity index (χ0n) is 16.5. The number of phosphoric ester groups is 1. The second kappa shape index (κ2) is 8.48. The van der Waals surface area contributed by atoms with Crippen LogP contribution >= 0.6 is 23.5 Å². The van der Waals surface area contributed by atoms with Gasteiger partial charge in [-0.15, -0.1) is 0 Å². The molecule has 0 radical (unpaired) electrons. The van der Waals surface area contributed by atoms with Crippen molar-refractivity contribution in [2.45, 2.75) is 30.8 Å². The van der Waals surface area contributed by atoms with Crippen LogP contribution in [0.15, 0.2) is 11.1 Å². The van der Waals surface area contributed by atoms with Crippen molar-refractivity contribution in [3.05, 3.63) is 16.7 Å². The van der Waals surface area contributed by atoms with Gasteiger partial charge in [0.2, 0.25) is 5.95 Å². The van der Waals surface area contributed by atoms with Crippen LogP contribution in [0.25, 0.3) is 11.2 Å². The first kappa shape index (κ1) is 26.9. The third-order valence-electron chi connectivity index (χ3n) is 4.28. The molecule has 18 nitrogen and oxygen atoms in total. The van der Waals surface area contributed by atoms with Crippen LogP contribution in [0.3, 0.4) is 0 Å². The number of aromatic nitrogens is 4. The summed E-state index contributed by atoms with van der Waals surface area (Å²) in [5.41, 5.74) is 0.833. The Hall–Kier alpha value is -1.66. The minimum atomic E-state index is -5.91. The lowest BCUT2D eigenvalue weighted by Crippen LogP contribution is -2.46. The van der Waals surface area contributed by atoms with E-state index in [1.165, 1.54) is 0 Å². The summed E-state index contributed by atoms with van der Waals surface area (Å²) < 4.78 is 80.9. The zero-order valence-corrected chi connectivity index (χ0v) is 19.1. The number of rotatable bonds is 8. The van der Waals surface area contributed by atoms with Gasteiger partial charge in [0.15, 0.2) is 29.2 Å². The molecule has 192 valence electrons. The van der Waals surface area contributed by atoms with Gasteiger partial charge in [-0.3, -0.25) is 18.9 Å². The van der Waals surface area contributed by atoms with Gasteiger partial charge >= 0.3 is 23.5 Å². The number of anilines is 1. The summed E-state index contributed by atoms with van der Waals surface area (Å²) in [6, 6.07) is 0. The summed E-state index contributed by atoms with van der Waals surface area (Å²) in [4.78, 5) is 56.9. The number of fused-ring (bicyclic) bond motifs is 1. The molecule has 1 saturated heterocycles. The van der Waals surface area contributed by atoms with Crippen molar-refractivity contribution in [1.82, 2.24) is 19.5 Å². The maximum absolute atomic E-state index is 15.3. The normalized spacial score (nSPS) is 31.4. The van der Waals surface area contributed by atoms with Gasteiger partial charge in [-0.05, 0) is 6.92 Å². The van der Waals surface area contributed by atoms with Crippen molar-refractivity contribution in [2.75, 3.05) is 12.3 Å². The fraction of sp³-hybridized carbons (Fsp3) is 0.545. The number of hydrogen-bond acceptors (Lipinski definition) is 12. The molecular formula is C11H16F2N5O13P3. The number of phosphoric acid groups is 3. The van der Waals surface area contributed by atoms with Crippen LogP contribution in [-0.4, -0.2) is 68.4 Å². The summed E-state index contributed by atoms with van der Waals surface area (Å²) in [6.07, 6.45) is -4.03. The molecule has 3 unspecified atom stereocenters. The third kappa shape index (κ3) is 5.43. The predicted octanol–water partition coefficient (Wildman–Crippen LogP) is -0.671. The molecule has 0 aliphatic carbocycles. The van der Waals surface area contributed by atoms with Gasteiger partial charge in [-0.2, -0.15) is 13.6 Å². The van der Waals surface area contributed by atoms with Gasteiger partial charge in [0, 0.05) is 0 Å². The van der Waals surface area contributed by atoms with Crippen LogP contribution in [0.4, 0.5) is 14.7 Å². The van der Waals surface area contributed by atoms with E-state index in [4.69, 9.17) is 25.2 Å². The topological polar surface area (TPSA) is 279 Å². The minimum absolute atomic E-state index is 0.354. The Labute approximate surface area is 185 Å². The van der Waals surface area contributed by atoms with E-state index >= 15 is 8.78 Å². The summed E-state index contributed by atoms with van der Waals surface area (Å²) in [7, 11) is -17.4. The highest BCUT2D eigenvalue weighted by atomic mass is 31.3. The lowest BCUT2D eigenvalue weighted by Gasteiger charge is -2.25. The molecule has 2 aromatic rings. The van der Waals surface area contributed by atoms with Crippen LogP contribution in [0.5, 0.6) is 0 Å². The Morgan fingerprint density at radius 3 is 2.44 bits per heavy atom. The third-order valence-corrected chi connectivity index (χ3v) is 8.06. The number of hydrogen-bond donors (Lipinski definition) is 7. The van der Waals surface area contributed by atoms with Crippen molar-refractivity contribution < 1.29 is 65.0 Å². The van der Waals surface area contributed by atoms with Crippen LogP contribution in [-0.2, 0) is 31.6 Å². The van der Waals surface area contributed by atoms with E-state index in [0.717, 1.165) is 6.33 Å². The summed E-state index contributed by atoms with van der Waals surface area (Å²) in [5.74, 6) is -4.04. The van der Waals surface area contributed by atoms with Crippen molar-refractivity contribution in [2.24, 2.45) is 0 Å². The van der Waals surface area contributed by atoms with Crippen LogP contribution in [0, 0.1) is 0 Å². The Bertz CT molecular complexity index is 1310. The molecule has 0 bridgehead atoms. The van der Waals surface area contributed by atoms with Crippen molar-refractivity contribution in [3.63, 3.8) is 0 Å². The highest BCUT2D eigenvalue weighted by molar-refractivity contribution is 7.66. The monoisotopic (exact) mass is 557 g/mol. The summed E-state index contributed by atoms with van der Waals surface area (Å²) in [6.45, 7) is -1.15. The van der Waals surface area contributed by atoms with Crippen molar-refractivity contribution in [3.8, 4) is 0 Å². The quantitative estimate of drug-likeness (QED) is 0.198. The average molecular weight is 557 g/mol. The number of aromatic amines is 1. The number of H-pyrrole nitrogens is 1. The Balaban J connectivity index is 1.84. The number of imidazole rings is 1. The molecule has 6 atom stereocenters. The number of ether oxygens (including phenoxy) is 1. The molecule has 0 aromatic carbocycles. The second-order valence-electron chi connectivity index (χ2n) is 6.95. The highest BCUT2D eigenvalue weighted by Gasteiger charge is 2.65. The molecule has 23 heteroatoms. The number of nitrogens with zero attached hydrogens (tertiary/aromatic N) is 3. The van der Waals surface area contributed by atoms with Crippen LogP contribution in [0.1, 0.15) is 13.2 Å². The van der Waals surface area contributed by atoms with Crippen molar-refractivity contribution >= 4 is 40.6 Å². The minimum Gasteiger partial charge on any atom is -0.384 e. The first-order chi connectivity index (χ1) is 15.3. The molecule has 1 aliphatic rings. The molecule has 2 aromatic heterocycles.